The van der Waals surface area contributed by atoms with E-state index in [1.54, 1.807) is 6.07 Å². The van der Waals surface area contributed by atoms with Gasteiger partial charge in [-0.3, -0.25) is 9.59 Å². The molecule has 1 heterocycles. The second-order valence-electron chi connectivity index (χ2n) is 4.56. The Bertz CT molecular complexity index is 519. The second-order valence-corrected chi connectivity index (χ2v) is 4.97. The number of carboxylic acid groups (broad SMARTS) is 1. The molecule has 3 N–H and O–H groups in total. The third-order valence-electron chi connectivity index (χ3n) is 3.20. The Morgan fingerprint density at radius 2 is 2.26 bits per heavy atom. The lowest BCUT2D eigenvalue weighted by atomic mass is 9.90. The summed E-state index contributed by atoms with van der Waals surface area (Å²) in [6.45, 7) is 2.55. The average Bonchev–Trinajstić information content (AvgIpc) is 2.38. The number of amides is 1. The van der Waals surface area contributed by atoms with Gasteiger partial charge in [-0.15, -0.1) is 0 Å². The Kier molecular flexibility index (Phi) is 4.07. The predicted molar refractivity (Wildman–Crippen MR) is 71.1 cm³/mol. The molecule has 0 bridgehead atoms. The van der Waals surface area contributed by atoms with Gasteiger partial charge in [0, 0.05) is 18.1 Å². The third-order valence-corrected chi connectivity index (χ3v) is 3.53. The van der Waals surface area contributed by atoms with Crippen molar-refractivity contribution in [1.82, 2.24) is 10.6 Å². The summed E-state index contributed by atoms with van der Waals surface area (Å²) in [6, 6.07) is 4.57. The van der Waals surface area contributed by atoms with E-state index in [2.05, 4.69) is 10.6 Å². The molecule has 0 spiro atoms. The van der Waals surface area contributed by atoms with Crippen molar-refractivity contribution >= 4 is 23.5 Å². The fourth-order valence-corrected chi connectivity index (χ4v) is 2.50. The maximum atomic E-state index is 12.2. The highest BCUT2D eigenvalue weighted by atomic mass is 35.5. The molecule has 19 heavy (non-hydrogen) atoms. The molecule has 1 amide bonds. The summed E-state index contributed by atoms with van der Waals surface area (Å²) in [5, 5.41) is 15.0. The number of hydrogen-bond donors (Lipinski definition) is 3. The lowest BCUT2D eigenvalue weighted by molar-refractivity contribution is -0.141. The SMILES string of the molecule is CC(NC(=O)C1CNCc2cccc(Cl)c21)C(=O)O. The number of carbonyl (C=O) groups excluding carboxylic acids is 1. The molecule has 1 aromatic carbocycles. The van der Waals surface area contributed by atoms with E-state index in [4.69, 9.17) is 16.7 Å². The normalized spacial score (nSPS) is 19.4. The minimum absolute atomic E-state index is 0.323. The van der Waals surface area contributed by atoms with Crippen LogP contribution in [0.4, 0.5) is 0 Å². The molecule has 0 aromatic heterocycles. The zero-order valence-corrected chi connectivity index (χ0v) is 11.2. The zero-order chi connectivity index (χ0) is 14.0. The Balaban J connectivity index is 2.24. The Morgan fingerprint density at radius 1 is 1.53 bits per heavy atom. The number of carbonyl (C=O) groups is 2. The highest BCUT2D eigenvalue weighted by Gasteiger charge is 2.29. The molecule has 2 atom stereocenters. The van der Waals surface area contributed by atoms with Crippen LogP contribution in [0.1, 0.15) is 24.0 Å². The molecule has 0 saturated heterocycles. The summed E-state index contributed by atoms with van der Waals surface area (Å²) in [7, 11) is 0. The van der Waals surface area contributed by atoms with Gasteiger partial charge in [0.05, 0.1) is 5.92 Å². The number of halogens is 1. The molecule has 0 fully saturated rings. The van der Waals surface area contributed by atoms with Crippen LogP contribution in [0, 0.1) is 0 Å². The molecule has 0 aliphatic carbocycles. The Labute approximate surface area is 116 Å². The zero-order valence-electron chi connectivity index (χ0n) is 10.4. The van der Waals surface area contributed by atoms with E-state index in [9.17, 15) is 9.59 Å². The summed E-state index contributed by atoms with van der Waals surface area (Å²) in [5.74, 6) is -1.84. The van der Waals surface area contributed by atoms with Crippen molar-refractivity contribution in [3.05, 3.63) is 34.3 Å². The van der Waals surface area contributed by atoms with Gasteiger partial charge in [0.2, 0.25) is 5.91 Å². The summed E-state index contributed by atoms with van der Waals surface area (Å²) in [4.78, 5) is 22.9. The summed E-state index contributed by atoms with van der Waals surface area (Å²) in [5.41, 5.74) is 1.76. The van der Waals surface area contributed by atoms with Crippen LogP contribution >= 0.6 is 11.6 Å². The number of nitrogens with one attached hydrogen (secondary N) is 2. The minimum Gasteiger partial charge on any atom is -0.480 e. The lowest BCUT2D eigenvalue weighted by Gasteiger charge is -2.27. The molecule has 102 valence electrons. The van der Waals surface area contributed by atoms with Crippen LogP contribution in [0.15, 0.2) is 18.2 Å². The topological polar surface area (TPSA) is 78.4 Å². The lowest BCUT2D eigenvalue weighted by Crippen LogP contribution is -2.45. The standard InChI is InChI=1S/C13H15ClN2O3/c1-7(13(18)19)16-12(17)9-6-15-5-8-3-2-4-10(14)11(8)9/h2-4,7,9,15H,5-6H2,1H3,(H,16,17)(H,18,19). The van der Waals surface area contributed by atoms with Crippen molar-refractivity contribution in [2.45, 2.75) is 25.4 Å². The van der Waals surface area contributed by atoms with Crippen LogP contribution in [-0.2, 0) is 16.1 Å². The molecule has 0 saturated carbocycles. The van der Waals surface area contributed by atoms with Gasteiger partial charge in [0.1, 0.15) is 6.04 Å². The molecule has 1 aliphatic heterocycles. The van der Waals surface area contributed by atoms with Gasteiger partial charge in [-0.05, 0) is 24.1 Å². The molecule has 1 aromatic rings. The maximum Gasteiger partial charge on any atom is 0.325 e. The Hall–Kier alpha value is -1.59. The molecule has 5 nitrogen and oxygen atoms in total. The van der Waals surface area contributed by atoms with Crippen LogP contribution in [0.5, 0.6) is 0 Å². The van der Waals surface area contributed by atoms with Crippen molar-refractivity contribution < 1.29 is 14.7 Å². The van der Waals surface area contributed by atoms with Gasteiger partial charge < -0.3 is 15.7 Å². The fraction of sp³-hybridized carbons (Fsp3) is 0.385. The van der Waals surface area contributed by atoms with E-state index < -0.39 is 17.9 Å². The van der Waals surface area contributed by atoms with E-state index in [1.165, 1.54) is 6.92 Å². The summed E-state index contributed by atoms with van der Waals surface area (Å²) < 4.78 is 0. The van der Waals surface area contributed by atoms with E-state index in [0.29, 0.717) is 18.1 Å². The van der Waals surface area contributed by atoms with Gasteiger partial charge in [0.15, 0.2) is 0 Å². The number of benzene rings is 1. The van der Waals surface area contributed by atoms with Crippen molar-refractivity contribution in [1.29, 1.82) is 0 Å². The van der Waals surface area contributed by atoms with Crippen molar-refractivity contribution in [3.8, 4) is 0 Å². The Morgan fingerprint density at radius 3 is 2.95 bits per heavy atom. The largest absolute Gasteiger partial charge is 0.480 e. The summed E-state index contributed by atoms with van der Waals surface area (Å²) in [6.07, 6.45) is 0. The van der Waals surface area contributed by atoms with Gasteiger partial charge in [-0.1, -0.05) is 23.7 Å². The van der Waals surface area contributed by atoms with Crippen molar-refractivity contribution in [2.75, 3.05) is 6.54 Å². The number of fused-ring (bicyclic) bond motifs is 1. The van der Waals surface area contributed by atoms with Crippen LogP contribution in [-0.4, -0.2) is 29.6 Å². The first-order valence-electron chi connectivity index (χ1n) is 6.02. The molecule has 0 radical (unpaired) electrons. The molecule has 1 aliphatic rings. The quantitative estimate of drug-likeness (QED) is 0.776. The monoisotopic (exact) mass is 282 g/mol. The molecular weight excluding hydrogens is 268 g/mol. The van der Waals surface area contributed by atoms with Crippen molar-refractivity contribution in [2.24, 2.45) is 0 Å². The molecule has 6 heteroatoms. The fourth-order valence-electron chi connectivity index (χ4n) is 2.18. The average molecular weight is 283 g/mol. The maximum absolute atomic E-state index is 12.2. The van der Waals surface area contributed by atoms with Crippen LogP contribution < -0.4 is 10.6 Å². The smallest absolute Gasteiger partial charge is 0.325 e. The predicted octanol–water partition coefficient (Wildman–Crippen LogP) is 1.12. The second kappa shape index (κ2) is 5.59. The van der Waals surface area contributed by atoms with Crippen LogP contribution in [0.25, 0.3) is 0 Å². The van der Waals surface area contributed by atoms with Gasteiger partial charge >= 0.3 is 5.97 Å². The van der Waals surface area contributed by atoms with Crippen molar-refractivity contribution in [3.63, 3.8) is 0 Å². The number of carboxylic acids is 1. The highest BCUT2D eigenvalue weighted by molar-refractivity contribution is 6.31. The van der Waals surface area contributed by atoms with Crippen LogP contribution in [0.3, 0.4) is 0 Å². The van der Waals surface area contributed by atoms with E-state index in [-0.39, 0.29) is 5.91 Å². The number of aliphatic carboxylic acids is 1. The van der Waals surface area contributed by atoms with E-state index >= 15 is 0 Å². The van der Waals surface area contributed by atoms with Crippen LogP contribution in [0.2, 0.25) is 5.02 Å². The molecule has 2 unspecified atom stereocenters. The first-order chi connectivity index (χ1) is 9.00. The molecule has 2 rings (SSSR count). The summed E-state index contributed by atoms with van der Waals surface area (Å²) >= 11 is 6.16. The van der Waals surface area contributed by atoms with E-state index in [1.807, 2.05) is 12.1 Å². The first-order valence-corrected chi connectivity index (χ1v) is 6.39. The highest BCUT2D eigenvalue weighted by Crippen LogP contribution is 2.31. The van der Waals surface area contributed by atoms with Gasteiger partial charge in [-0.2, -0.15) is 0 Å². The van der Waals surface area contributed by atoms with Gasteiger partial charge in [-0.25, -0.2) is 0 Å². The molecular formula is C13H15ClN2O3. The third kappa shape index (κ3) is 2.88. The number of hydrogen-bond acceptors (Lipinski definition) is 3. The first kappa shape index (κ1) is 13.8. The van der Waals surface area contributed by atoms with E-state index in [0.717, 1.165) is 11.1 Å². The van der Waals surface area contributed by atoms with Gasteiger partial charge in [0.25, 0.3) is 0 Å². The number of rotatable bonds is 3. The minimum atomic E-state index is -1.06.